The van der Waals surface area contributed by atoms with Gasteiger partial charge in [-0.15, -0.1) is 0 Å². The first kappa shape index (κ1) is 16.1. The predicted octanol–water partition coefficient (Wildman–Crippen LogP) is 5.12. The van der Waals surface area contributed by atoms with Gasteiger partial charge in [0.05, 0.1) is 15.7 Å². The highest BCUT2D eigenvalue weighted by Gasteiger charge is 2.07. The van der Waals surface area contributed by atoms with E-state index in [-0.39, 0.29) is 6.03 Å². The number of carbonyl (C=O) groups excluding carboxylic acids is 1. The summed E-state index contributed by atoms with van der Waals surface area (Å²) in [5.41, 5.74) is 1.63. The first-order valence-corrected chi connectivity index (χ1v) is 7.84. The maximum absolute atomic E-state index is 11.8. The molecule has 0 heterocycles. The number of hydrogen-bond acceptors (Lipinski definition) is 1. The van der Waals surface area contributed by atoms with Gasteiger partial charge < -0.3 is 10.6 Å². The van der Waals surface area contributed by atoms with Crippen molar-refractivity contribution in [1.29, 1.82) is 0 Å². The first-order valence-electron chi connectivity index (χ1n) is 6.29. The van der Waals surface area contributed by atoms with Crippen LogP contribution in [0.4, 0.5) is 10.5 Å². The van der Waals surface area contributed by atoms with Gasteiger partial charge in [-0.2, -0.15) is 0 Å². The summed E-state index contributed by atoms with van der Waals surface area (Å²) < 4.78 is 1.02. The Kier molecular flexibility index (Phi) is 5.91. The van der Waals surface area contributed by atoms with Crippen LogP contribution < -0.4 is 10.6 Å². The van der Waals surface area contributed by atoms with Crippen molar-refractivity contribution < 1.29 is 4.79 Å². The number of carbonyl (C=O) groups is 1. The number of benzene rings is 2. The van der Waals surface area contributed by atoms with E-state index in [1.165, 1.54) is 0 Å². The van der Waals surface area contributed by atoms with Crippen LogP contribution in [0.3, 0.4) is 0 Å². The van der Waals surface area contributed by atoms with Gasteiger partial charge in [0.15, 0.2) is 0 Å². The van der Waals surface area contributed by atoms with Crippen molar-refractivity contribution in [2.75, 3.05) is 11.9 Å². The minimum Gasteiger partial charge on any atom is -0.338 e. The molecule has 3 nitrogen and oxygen atoms in total. The quantitative estimate of drug-likeness (QED) is 0.750. The van der Waals surface area contributed by atoms with E-state index < -0.39 is 0 Å². The normalized spacial score (nSPS) is 10.2. The van der Waals surface area contributed by atoms with E-state index in [4.69, 9.17) is 23.2 Å². The zero-order chi connectivity index (χ0) is 15.2. The molecule has 0 saturated carbocycles. The zero-order valence-electron chi connectivity index (χ0n) is 11.0. The summed E-state index contributed by atoms with van der Waals surface area (Å²) >= 11 is 15.3. The summed E-state index contributed by atoms with van der Waals surface area (Å²) in [6.07, 6.45) is 0.746. The predicted molar refractivity (Wildman–Crippen MR) is 91.3 cm³/mol. The maximum Gasteiger partial charge on any atom is 0.319 e. The molecule has 0 aliphatic rings. The van der Waals surface area contributed by atoms with E-state index in [1.807, 2.05) is 24.3 Å². The standard InChI is InChI=1S/C15H13BrCl2N2O/c16-11-4-1-3-10(9-11)7-8-19-15(21)20-13-6-2-5-12(17)14(13)18/h1-6,9H,7-8H2,(H2,19,20,21). The first-order chi connectivity index (χ1) is 10.1. The Labute approximate surface area is 141 Å². The van der Waals surface area contributed by atoms with E-state index in [0.717, 1.165) is 16.5 Å². The SMILES string of the molecule is O=C(NCCc1cccc(Br)c1)Nc1cccc(Cl)c1Cl. The van der Waals surface area contributed by atoms with Gasteiger partial charge in [0.25, 0.3) is 0 Å². The van der Waals surface area contributed by atoms with Gasteiger partial charge in [0.1, 0.15) is 0 Å². The summed E-state index contributed by atoms with van der Waals surface area (Å²) in [6.45, 7) is 0.528. The molecule has 2 aromatic carbocycles. The van der Waals surface area contributed by atoms with Gasteiger partial charge in [-0.3, -0.25) is 0 Å². The molecule has 2 aromatic rings. The molecule has 0 aliphatic carbocycles. The van der Waals surface area contributed by atoms with Crippen molar-refractivity contribution in [1.82, 2.24) is 5.32 Å². The summed E-state index contributed by atoms with van der Waals surface area (Å²) in [5.74, 6) is 0. The van der Waals surface area contributed by atoms with Crippen LogP contribution in [0, 0.1) is 0 Å². The molecule has 0 atom stereocenters. The van der Waals surface area contributed by atoms with Crippen LogP contribution >= 0.6 is 39.1 Å². The molecule has 0 bridgehead atoms. The van der Waals surface area contributed by atoms with Gasteiger partial charge >= 0.3 is 6.03 Å². The fourth-order valence-electron chi connectivity index (χ4n) is 1.78. The second-order valence-electron chi connectivity index (χ2n) is 4.36. The Morgan fingerprint density at radius 2 is 1.90 bits per heavy atom. The number of amides is 2. The summed E-state index contributed by atoms with van der Waals surface area (Å²) in [7, 11) is 0. The highest BCUT2D eigenvalue weighted by Crippen LogP contribution is 2.29. The molecule has 110 valence electrons. The van der Waals surface area contributed by atoms with Crippen LogP contribution in [0.2, 0.25) is 10.0 Å². The van der Waals surface area contributed by atoms with Crippen molar-refractivity contribution in [3.8, 4) is 0 Å². The van der Waals surface area contributed by atoms with Crippen LogP contribution in [-0.4, -0.2) is 12.6 Å². The van der Waals surface area contributed by atoms with Crippen molar-refractivity contribution in [3.63, 3.8) is 0 Å². The van der Waals surface area contributed by atoms with Gasteiger partial charge in [-0.25, -0.2) is 4.79 Å². The molecule has 0 radical (unpaired) electrons. The average molecular weight is 388 g/mol. The van der Waals surface area contributed by atoms with Crippen LogP contribution in [0.5, 0.6) is 0 Å². The van der Waals surface area contributed by atoms with E-state index in [0.29, 0.717) is 22.3 Å². The monoisotopic (exact) mass is 386 g/mol. The van der Waals surface area contributed by atoms with E-state index in [2.05, 4.69) is 26.6 Å². The fourth-order valence-corrected chi connectivity index (χ4v) is 2.57. The molecule has 0 fully saturated rings. The Morgan fingerprint density at radius 3 is 2.67 bits per heavy atom. The highest BCUT2D eigenvalue weighted by molar-refractivity contribution is 9.10. The number of rotatable bonds is 4. The third kappa shape index (κ3) is 4.92. The Morgan fingerprint density at radius 1 is 1.14 bits per heavy atom. The van der Waals surface area contributed by atoms with E-state index in [9.17, 15) is 4.79 Å². The highest BCUT2D eigenvalue weighted by atomic mass is 79.9. The second kappa shape index (κ2) is 7.69. The minimum absolute atomic E-state index is 0.311. The molecular weight excluding hydrogens is 375 g/mol. The molecule has 0 spiro atoms. The number of urea groups is 1. The lowest BCUT2D eigenvalue weighted by Crippen LogP contribution is -2.30. The Balaban J connectivity index is 1.84. The van der Waals surface area contributed by atoms with Crippen LogP contribution in [0.1, 0.15) is 5.56 Å². The fraction of sp³-hybridized carbons (Fsp3) is 0.133. The number of anilines is 1. The number of halogens is 3. The Hall–Kier alpha value is -1.23. The van der Waals surface area contributed by atoms with Crippen molar-refractivity contribution in [2.24, 2.45) is 0 Å². The lowest BCUT2D eigenvalue weighted by molar-refractivity contribution is 0.252. The lowest BCUT2D eigenvalue weighted by Gasteiger charge is -2.09. The lowest BCUT2D eigenvalue weighted by atomic mass is 10.1. The second-order valence-corrected chi connectivity index (χ2v) is 6.06. The largest absolute Gasteiger partial charge is 0.338 e. The molecule has 6 heteroatoms. The van der Waals surface area contributed by atoms with E-state index >= 15 is 0 Å². The molecule has 0 saturated heterocycles. The van der Waals surface area contributed by atoms with Crippen LogP contribution in [0.25, 0.3) is 0 Å². The van der Waals surface area contributed by atoms with Crippen molar-refractivity contribution in [2.45, 2.75) is 6.42 Å². The third-order valence-corrected chi connectivity index (χ3v) is 4.10. The summed E-state index contributed by atoms with van der Waals surface area (Å²) in [5, 5.41) is 6.19. The molecule has 2 rings (SSSR count). The summed E-state index contributed by atoms with van der Waals surface area (Å²) in [4.78, 5) is 11.8. The molecule has 2 N–H and O–H groups in total. The van der Waals surface area contributed by atoms with Gasteiger partial charge in [-0.1, -0.05) is 57.3 Å². The topological polar surface area (TPSA) is 41.1 Å². The van der Waals surface area contributed by atoms with Crippen molar-refractivity contribution >= 4 is 50.9 Å². The zero-order valence-corrected chi connectivity index (χ0v) is 14.1. The minimum atomic E-state index is -0.311. The maximum atomic E-state index is 11.8. The van der Waals surface area contributed by atoms with Gasteiger partial charge in [-0.05, 0) is 36.2 Å². The molecule has 2 amide bonds. The van der Waals surface area contributed by atoms with E-state index in [1.54, 1.807) is 18.2 Å². The van der Waals surface area contributed by atoms with Crippen LogP contribution in [0.15, 0.2) is 46.9 Å². The molecule has 0 aromatic heterocycles. The Bertz CT molecular complexity index is 649. The molecule has 0 aliphatic heterocycles. The third-order valence-electron chi connectivity index (χ3n) is 2.79. The number of hydrogen-bond donors (Lipinski definition) is 2. The van der Waals surface area contributed by atoms with Crippen molar-refractivity contribution in [3.05, 3.63) is 62.5 Å². The smallest absolute Gasteiger partial charge is 0.319 e. The molecule has 21 heavy (non-hydrogen) atoms. The van der Waals surface area contributed by atoms with Gasteiger partial charge in [0, 0.05) is 11.0 Å². The van der Waals surface area contributed by atoms with Gasteiger partial charge in [0.2, 0.25) is 0 Å². The molecule has 0 unspecified atom stereocenters. The van der Waals surface area contributed by atoms with Crippen LogP contribution in [-0.2, 0) is 6.42 Å². The average Bonchev–Trinajstić information content (AvgIpc) is 2.44. The molecular formula is C15H13BrCl2N2O. The summed E-state index contributed by atoms with van der Waals surface area (Å²) in [6, 6.07) is 12.7. The number of nitrogens with one attached hydrogen (secondary N) is 2.